The lowest BCUT2D eigenvalue weighted by atomic mass is 10.1. The van der Waals surface area contributed by atoms with Crippen molar-refractivity contribution in [3.63, 3.8) is 0 Å². The molecule has 2 aromatic heterocycles. The molecule has 2 aliphatic heterocycles. The average molecular weight is 378 g/mol. The summed E-state index contributed by atoms with van der Waals surface area (Å²) >= 11 is 0. The Kier molecular flexibility index (Phi) is 4.11. The summed E-state index contributed by atoms with van der Waals surface area (Å²) in [4.78, 5) is 28.0. The van der Waals surface area contributed by atoms with Crippen LogP contribution in [-0.2, 0) is 22.7 Å². The fraction of sp³-hybridized carbons (Fsp3) is 0.400. The minimum absolute atomic E-state index is 0.112. The fourth-order valence-corrected chi connectivity index (χ4v) is 3.98. The first-order valence-corrected chi connectivity index (χ1v) is 9.67. The molecule has 2 fully saturated rings. The number of amides is 2. The van der Waals surface area contributed by atoms with Crippen molar-refractivity contribution >= 4 is 22.7 Å². The second-order valence-corrected chi connectivity index (χ2v) is 7.56. The summed E-state index contributed by atoms with van der Waals surface area (Å²) in [6.45, 7) is 2.95. The molecule has 0 radical (unpaired) electrons. The Morgan fingerprint density at radius 3 is 2.86 bits per heavy atom. The minimum Gasteiger partial charge on any atom is -0.338 e. The van der Waals surface area contributed by atoms with E-state index in [1.807, 2.05) is 61.8 Å². The van der Waals surface area contributed by atoms with Gasteiger partial charge < -0.3 is 14.4 Å². The first-order valence-electron chi connectivity index (χ1n) is 9.67. The van der Waals surface area contributed by atoms with Crippen LogP contribution in [0, 0.1) is 0 Å². The second-order valence-electron chi connectivity index (χ2n) is 7.56. The molecule has 8 nitrogen and oxygen atoms in total. The number of fused-ring (bicyclic) bond motifs is 1. The van der Waals surface area contributed by atoms with Gasteiger partial charge in [0, 0.05) is 37.8 Å². The van der Waals surface area contributed by atoms with Crippen LogP contribution in [0.5, 0.6) is 0 Å². The molecule has 0 N–H and O–H groups in total. The van der Waals surface area contributed by atoms with Gasteiger partial charge in [-0.3, -0.25) is 9.59 Å². The summed E-state index contributed by atoms with van der Waals surface area (Å²) in [7, 11) is 0. The summed E-state index contributed by atoms with van der Waals surface area (Å²) in [6, 6.07) is 10.3. The topological polar surface area (TPSA) is 76.3 Å². The van der Waals surface area contributed by atoms with Gasteiger partial charge in [-0.05, 0) is 23.9 Å². The molecule has 2 aliphatic rings. The highest BCUT2D eigenvalue weighted by molar-refractivity contribution is 5.83. The van der Waals surface area contributed by atoms with E-state index >= 15 is 0 Å². The molecule has 8 heteroatoms. The number of carbonyl (C=O) groups excluding carboxylic acids is 2. The largest absolute Gasteiger partial charge is 0.338 e. The summed E-state index contributed by atoms with van der Waals surface area (Å²) in [5, 5.41) is 9.54. The molecule has 2 saturated heterocycles. The third-order valence-electron chi connectivity index (χ3n) is 5.66. The van der Waals surface area contributed by atoms with Crippen molar-refractivity contribution in [1.82, 2.24) is 29.4 Å². The Morgan fingerprint density at radius 2 is 2.04 bits per heavy atom. The number of likely N-dealkylation sites (tertiary alicyclic amines) is 2. The molecule has 0 atom stereocenters. The van der Waals surface area contributed by atoms with Crippen LogP contribution in [-0.4, -0.2) is 60.8 Å². The van der Waals surface area contributed by atoms with Crippen molar-refractivity contribution in [2.75, 3.05) is 19.6 Å². The smallest absolute Gasteiger partial charge is 0.242 e. The summed E-state index contributed by atoms with van der Waals surface area (Å²) in [5.74, 6) is 0.299. The highest BCUT2D eigenvalue weighted by atomic mass is 16.2. The van der Waals surface area contributed by atoms with Gasteiger partial charge in [-0.2, -0.15) is 0 Å². The van der Waals surface area contributed by atoms with Crippen LogP contribution in [0.4, 0.5) is 0 Å². The number of rotatable bonds is 5. The standard InChI is InChI=1S/C20H22N6O2/c27-19-6-3-8-24(19)10-16-11-26(22-21-16)17-12-25(13-17)20(28)14-23-9-7-15-4-1-2-5-18(15)23/h1-2,4-5,7,9,11,17H,3,6,8,10,12-14H2. The lowest BCUT2D eigenvalue weighted by Gasteiger charge is -2.39. The molecule has 1 aromatic carbocycles. The van der Waals surface area contributed by atoms with Crippen molar-refractivity contribution in [3.8, 4) is 0 Å². The van der Waals surface area contributed by atoms with Crippen LogP contribution in [0.2, 0.25) is 0 Å². The Hall–Kier alpha value is -3.16. The number of para-hydroxylation sites is 1. The van der Waals surface area contributed by atoms with Gasteiger partial charge in [0.1, 0.15) is 12.2 Å². The van der Waals surface area contributed by atoms with Gasteiger partial charge in [-0.1, -0.05) is 23.4 Å². The molecule has 0 spiro atoms. The van der Waals surface area contributed by atoms with E-state index in [2.05, 4.69) is 10.3 Å². The highest BCUT2D eigenvalue weighted by Crippen LogP contribution is 2.22. The van der Waals surface area contributed by atoms with E-state index in [1.54, 1.807) is 0 Å². The first kappa shape index (κ1) is 17.0. The lowest BCUT2D eigenvalue weighted by Crippen LogP contribution is -2.51. The Labute approximate surface area is 162 Å². The quantitative estimate of drug-likeness (QED) is 0.673. The molecule has 0 aliphatic carbocycles. The van der Waals surface area contributed by atoms with Gasteiger partial charge in [0.25, 0.3) is 0 Å². The molecule has 144 valence electrons. The van der Waals surface area contributed by atoms with Crippen LogP contribution in [0.15, 0.2) is 42.7 Å². The molecule has 0 saturated carbocycles. The number of nitrogens with zero attached hydrogens (tertiary/aromatic N) is 6. The molecule has 2 amide bonds. The zero-order chi connectivity index (χ0) is 19.1. The van der Waals surface area contributed by atoms with Crippen LogP contribution in [0.1, 0.15) is 24.6 Å². The van der Waals surface area contributed by atoms with E-state index in [9.17, 15) is 9.59 Å². The molecule has 28 heavy (non-hydrogen) atoms. The van der Waals surface area contributed by atoms with Gasteiger partial charge in [-0.15, -0.1) is 5.10 Å². The Morgan fingerprint density at radius 1 is 1.18 bits per heavy atom. The second kappa shape index (κ2) is 6.78. The summed E-state index contributed by atoms with van der Waals surface area (Å²) < 4.78 is 3.82. The molecule has 3 aromatic rings. The van der Waals surface area contributed by atoms with Crippen LogP contribution >= 0.6 is 0 Å². The van der Waals surface area contributed by atoms with E-state index in [0.717, 1.165) is 29.6 Å². The van der Waals surface area contributed by atoms with Crippen molar-refractivity contribution in [1.29, 1.82) is 0 Å². The summed E-state index contributed by atoms with van der Waals surface area (Å²) in [6.07, 6.45) is 5.41. The van der Waals surface area contributed by atoms with Crippen molar-refractivity contribution in [3.05, 3.63) is 48.4 Å². The minimum atomic E-state index is 0.112. The average Bonchev–Trinajstić information content (AvgIpc) is 3.37. The first-order chi connectivity index (χ1) is 13.7. The van der Waals surface area contributed by atoms with Crippen molar-refractivity contribution < 1.29 is 9.59 Å². The normalized spacial score (nSPS) is 17.5. The number of hydrogen-bond acceptors (Lipinski definition) is 4. The van der Waals surface area contributed by atoms with Crippen LogP contribution in [0.25, 0.3) is 10.9 Å². The summed E-state index contributed by atoms with van der Waals surface area (Å²) in [5.41, 5.74) is 1.88. The molecule has 5 rings (SSSR count). The third-order valence-corrected chi connectivity index (χ3v) is 5.66. The molecular formula is C20H22N6O2. The van der Waals surface area contributed by atoms with Crippen molar-refractivity contribution in [2.45, 2.75) is 32.0 Å². The highest BCUT2D eigenvalue weighted by Gasteiger charge is 2.33. The Bertz CT molecular complexity index is 1030. The number of hydrogen-bond donors (Lipinski definition) is 0. The number of benzene rings is 1. The fourth-order valence-electron chi connectivity index (χ4n) is 3.98. The van der Waals surface area contributed by atoms with Gasteiger partial charge in [0.15, 0.2) is 0 Å². The van der Waals surface area contributed by atoms with E-state index in [0.29, 0.717) is 32.6 Å². The maximum atomic E-state index is 12.6. The molecule has 0 bridgehead atoms. The predicted octanol–water partition coefficient (Wildman–Crippen LogP) is 1.44. The maximum Gasteiger partial charge on any atom is 0.242 e. The van der Waals surface area contributed by atoms with Crippen molar-refractivity contribution in [2.24, 2.45) is 0 Å². The third kappa shape index (κ3) is 3.04. The van der Waals surface area contributed by atoms with Crippen LogP contribution in [0.3, 0.4) is 0 Å². The zero-order valence-corrected chi connectivity index (χ0v) is 15.6. The van der Waals surface area contributed by atoms with E-state index < -0.39 is 0 Å². The van der Waals surface area contributed by atoms with E-state index in [-0.39, 0.29) is 17.9 Å². The lowest BCUT2D eigenvalue weighted by molar-refractivity contribution is -0.137. The number of carbonyl (C=O) groups is 2. The number of aromatic nitrogens is 4. The zero-order valence-electron chi connectivity index (χ0n) is 15.6. The van der Waals surface area contributed by atoms with Gasteiger partial charge >= 0.3 is 0 Å². The van der Waals surface area contributed by atoms with E-state index in [4.69, 9.17) is 0 Å². The van der Waals surface area contributed by atoms with E-state index in [1.165, 1.54) is 0 Å². The predicted molar refractivity (Wildman–Crippen MR) is 102 cm³/mol. The van der Waals surface area contributed by atoms with Gasteiger partial charge in [-0.25, -0.2) is 4.68 Å². The molecular weight excluding hydrogens is 356 g/mol. The maximum absolute atomic E-state index is 12.6. The monoisotopic (exact) mass is 378 g/mol. The molecule has 0 unspecified atom stereocenters. The SMILES string of the molecule is O=C1CCCN1Cc1cn(C2CN(C(=O)Cn3ccc4ccccc43)C2)nn1. The Balaban J connectivity index is 1.17. The van der Waals surface area contributed by atoms with Gasteiger partial charge in [0.2, 0.25) is 11.8 Å². The van der Waals surface area contributed by atoms with Gasteiger partial charge in [0.05, 0.1) is 18.8 Å². The molecule has 4 heterocycles. The van der Waals surface area contributed by atoms with Crippen LogP contribution < -0.4 is 0 Å².